The van der Waals surface area contributed by atoms with Gasteiger partial charge in [-0.25, -0.2) is 4.79 Å². The van der Waals surface area contributed by atoms with Crippen molar-refractivity contribution < 1.29 is 19.2 Å². The van der Waals surface area contributed by atoms with E-state index in [1.54, 1.807) is 0 Å². The molecule has 0 spiro atoms. The maximum absolute atomic E-state index is 12.2. The molecule has 0 aliphatic carbocycles. The first-order valence-corrected chi connectivity index (χ1v) is 9.05. The smallest absolute Gasteiger partial charge is 0.341 e. The van der Waals surface area contributed by atoms with E-state index in [1.165, 1.54) is 25.3 Å². The average Bonchev–Trinajstić information content (AvgIpc) is 2.73. The lowest BCUT2D eigenvalue weighted by atomic mass is 9.99. The van der Waals surface area contributed by atoms with Crippen LogP contribution in [0.25, 0.3) is 0 Å². The minimum Gasteiger partial charge on any atom is -0.480 e. The molecule has 0 N–H and O–H groups in total. The predicted molar refractivity (Wildman–Crippen MR) is 109 cm³/mol. The number of carbonyl (C=O) groups excluding carboxylic acids is 1. The first kappa shape index (κ1) is 20.1. The molecule has 0 amide bonds. The minimum absolute atomic E-state index is 0.00548. The monoisotopic (exact) mass is 391 g/mol. The molecule has 3 rings (SSSR count). The maximum Gasteiger partial charge on any atom is 0.341 e. The minimum atomic E-state index is -0.699. The molecule has 0 saturated carbocycles. The van der Waals surface area contributed by atoms with Crippen molar-refractivity contribution in [2.24, 2.45) is 0 Å². The van der Waals surface area contributed by atoms with Gasteiger partial charge in [0.25, 0.3) is 5.69 Å². The van der Waals surface area contributed by atoms with Gasteiger partial charge in [0, 0.05) is 12.1 Å². The van der Waals surface area contributed by atoms with Crippen LogP contribution in [0.4, 0.5) is 5.69 Å². The summed E-state index contributed by atoms with van der Waals surface area (Å²) < 4.78 is 11.0. The molecule has 0 atom stereocenters. The van der Waals surface area contributed by atoms with E-state index in [2.05, 4.69) is 0 Å². The Balaban J connectivity index is 2.08. The first-order chi connectivity index (χ1) is 13.9. The number of non-ortho nitro benzene ring substituents is 1. The average molecular weight is 391 g/mol. The van der Waals surface area contributed by atoms with E-state index in [4.69, 9.17) is 9.47 Å². The summed E-state index contributed by atoms with van der Waals surface area (Å²) in [6.45, 7) is 3.99. The maximum atomic E-state index is 12.2. The SMILES string of the molecule is COC(=O)c1cc([N+](=O)[O-])ccc1OC(c1ccc(C)cc1)c1ccc(C)cc1. The van der Waals surface area contributed by atoms with Crippen molar-refractivity contribution in [3.63, 3.8) is 0 Å². The number of ether oxygens (including phenoxy) is 2. The van der Waals surface area contributed by atoms with E-state index in [9.17, 15) is 14.9 Å². The van der Waals surface area contributed by atoms with Gasteiger partial charge in [-0.3, -0.25) is 10.1 Å². The van der Waals surface area contributed by atoms with Crippen molar-refractivity contribution in [2.75, 3.05) is 7.11 Å². The molecule has 29 heavy (non-hydrogen) atoms. The summed E-state index contributed by atoms with van der Waals surface area (Å²) in [5, 5.41) is 11.1. The third kappa shape index (κ3) is 4.60. The summed E-state index contributed by atoms with van der Waals surface area (Å²) in [7, 11) is 1.22. The van der Waals surface area contributed by atoms with Crippen molar-refractivity contribution in [3.8, 4) is 5.75 Å². The molecule has 0 bridgehead atoms. The summed E-state index contributed by atoms with van der Waals surface area (Å²) in [5.41, 5.74) is 3.82. The molecule has 0 aliphatic rings. The zero-order valence-corrected chi connectivity index (χ0v) is 16.4. The quantitative estimate of drug-likeness (QED) is 0.329. The summed E-state index contributed by atoms with van der Waals surface area (Å²) in [4.78, 5) is 22.8. The number of nitro groups is 1. The van der Waals surface area contributed by atoms with E-state index >= 15 is 0 Å². The number of hydrogen-bond donors (Lipinski definition) is 0. The van der Waals surface area contributed by atoms with Crippen LogP contribution in [0.15, 0.2) is 66.7 Å². The van der Waals surface area contributed by atoms with Crippen molar-refractivity contribution in [2.45, 2.75) is 20.0 Å². The van der Waals surface area contributed by atoms with Crippen LogP contribution in [0.3, 0.4) is 0 Å². The van der Waals surface area contributed by atoms with Gasteiger partial charge < -0.3 is 9.47 Å². The fraction of sp³-hybridized carbons (Fsp3) is 0.174. The lowest BCUT2D eigenvalue weighted by molar-refractivity contribution is -0.384. The van der Waals surface area contributed by atoms with Crippen molar-refractivity contribution in [1.82, 2.24) is 0 Å². The molecule has 0 aromatic heterocycles. The second-order valence-electron chi connectivity index (χ2n) is 6.75. The zero-order valence-electron chi connectivity index (χ0n) is 16.4. The van der Waals surface area contributed by atoms with Gasteiger partial charge in [-0.2, -0.15) is 0 Å². The molecule has 0 fully saturated rings. The van der Waals surface area contributed by atoms with Crippen LogP contribution >= 0.6 is 0 Å². The Morgan fingerprint density at radius 2 is 1.41 bits per heavy atom. The number of nitrogens with zero attached hydrogens (tertiary/aromatic N) is 1. The van der Waals surface area contributed by atoms with E-state index in [1.807, 2.05) is 62.4 Å². The van der Waals surface area contributed by atoms with Crippen molar-refractivity contribution >= 4 is 11.7 Å². The summed E-state index contributed by atoms with van der Waals surface area (Å²) in [5.74, 6) is -0.483. The lowest BCUT2D eigenvalue weighted by Gasteiger charge is -2.22. The Morgan fingerprint density at radius 1 is 0.897 bits per heavy atom. The molecule has 3 aromatic carbocycles. The molecule has 148 valence electrons. The molecule has 0 radical (unpaired) electrons. The van der Waals surface area contributed by atoms with Gasteiger partial charge in [0.1, 0.15) is 17.4 Å². The Kier molecular flexibility index (Phi) is 5.93. The van der Waals surface area contributed by atoms with Crippen LogP contribution in [0.5, 0.6) is 5.75 Å². The van der Waals surface area contributed by atoms with Gasteiger partial charge in [0.05, 0.1) is 12.0 Å². The second-order valence-corrected chi connectivity index (χ2v) is 6.75. The summed E-state index contributed by atoms with van der Waals surface area (Å²) in [6.07, 6.45) is -0.499. The Hall–Kier alpha value is -3.67. The van der Waals surface area contributed by atoms with Crippen molar-refractivity contribution in [1.29, 1.82) is 0 Å². The van der Waals surface area contributed by atoms with Crippen LogP contribution in [-0.4, -0.2) is 18.0 Å². The number of carbonyl (C=O) groups is 1. The van der Waals surface area contributed by atoms with Gasteiger partial charge in [-0.15, -0.1) is 0 Å². The Bertz CT molecular complexity index is 981. The molecule has 0 unspecified atom stereocenters. The third-order valence-electron chi connectivity index (χ3n) is 4.58. The van der Waals surface area contributed by atoms with E-state index < -0.39 is 17.0 Å². The number of esters is 1. The molecular weight excluding hydrogens is 370 g/mol. The van der Waals surface area contributed by atoms with Crippen molar-refractivity contribution in [3.05, 3.63) is 105 Å². The van der Waals surface area contributed by atoms with Crippen LogP contribution < -0.4 is 4.74 Å². The van der Waals surface area contributed by atoms with E-state index in [0.29, 0.717) is 0 Å². The molecule has 6 heteroatoms. The molecular formula is C23H21NO5. The number of nitro benzene ring substituents is 1. The standard InChI is InChI=1S/C23H21NO5/c1-15-4-8-17(9-5-15)22(18-10-6-16(2)7-11-18)29-21-13-12-19(24(26)27)14-20(21)23(25)28-3/h4-14,22H,1-3H3. The van der Waals surface area contributed by atoms with Crippen LogP contribution in [0, 0.1) is 24.0 Å². The predicted octanol–water partition coefficient (Wildman–Crippen LogP) is 5.17. The Morgan fingerprint density at radius 3 is 1.86 bits per heavy atom. The molecule has 6 nitrogen and oxygen atoms in total. The first-order valence-electron chi connectivity index (χ1n) is 9.05. The van der Waals surface area contributed by atoms with Crippen LogP contribution in [0.2, 0.25) is 0 Å². The van der Waals surface area contributed by atoms with Gasteiger partial charge in [-0.05, 0) is 31.0 Å². The van der Waals surface area contributed by atoms with E-state index in [-0.39, 0.29) is 17.0 Å². The fourth-order valence-electron chi connectivity index (χ4n) is 2.94. The van der Waals surface area contributed by atoms with Crippen LogP contribution in [0.1, 0.15) is 38.7 Å². The Labute approximate surface area is 168 Å². The second kappa shape index (κ2) is 8.56. The molecule has 3 aromatic rings. The van der Waals surface area contributed by atoms with Gasteiger partial charge >= 0.3 is 5.97 Å². The molecule has 0 saturated heterocycles. The van der Waals surface area contributed by atoms with Gasteiger partial charge in [0.15, 0.2) is 0 Å². The topological polar surface area (TPSA) is 78.7 Å². The third-order valence-corrected chi connectivity index (χ3v) is 4.58. The van der Waals surface area contributed by atoms with Gasteiger partial charge in [0.2, 0.25) is 0 Å². The number of benzene rings is 3. The van der Waals surface area contributed by atoms with E-state index in [0.717, 1.165) is 22.3 Å². The molecule has 0 aliphatic heterocycles. The summed E-state index contributed by atoms with van der Waals surface area (Å²) >= 11 is 0. The largest absolute Gasteiger partial charge is 0.480 e. The number of rotatable bonds is 6. The number of methoxy groups -OCH3 is 1. The highest BCUT2D eigenvalue weighted by Crippen LogP contribution is 2.33. The lowest BCUT2D eigenvalue weighted by Crippen LogP contribution is -2.13. The fourth-order valence-corrected chi connectivity index (χ4v) is 2.94. The van der Waals surface area contributed by atoms with Crippen LogP contribution in [-0.2, 0) is 4.74 Å². The number of aryl methyl sites for hydroxylation is 2. The molecule has 0 heterocycles. The number of hydrogen-bond acceptors (Lipinski definition) is 5. The zero-order chi connectivity index (χ0) is 21.0. The summed E-state index contributed by atoms with van der Waals surface area (Å²) in [6, 6.07) is 19.7. The normalized spacial score (nSPS) is 10.6. The highest BCUT2D eigenvalue weighted by atomic mass is 16.6. The highest BCUT2D eigenvalue weighted by Gasteiger charge is 2.23. The van der Waals surface area contributed by atoms with Gasteiger partial charge in [-0.1, -0.05) is 59.7 Å². The highest BCUT2D eigenvalue weighted by molar-refractivity contribution is 5.93.